The minimum Gasteiger partial charge on any atom is -0.477 e. The second-order valence-corrected chi connectivity index (χ2v) is 23.7. The molecule has 556 valence electrons. The molecule has 0 bridgehead atoms. The molecule has 26 N–H and O–H groups in total. The molecular weight excluding hydrogens is 1320 g/mol. The number of carboxylic acid groups (broad SMARTS) is 1. The number of ether oxygens (including phenoxy) is 12. The lowest BCUT2D eigenvalue weighted by Gasteiger charge is -2.51. The van der Waals surface area contributed by atoms with Crippen LogP contribution < -0.4 is 21.3 Å². The second-order valence-electron chi connectivity index (χ2n) is 23.7. The van der Waals surface area contributed by atoms with E-state index in [0.29, 0.717) is 0 Å². The summed E-state index contributed by atoms with van der Waals surface area (Å²) in [4.78, 5) is 64.0. The monoisotopic (exact) mass is 1410 g/mol. The Morgan fingerprint density at radius 3 is 1.44 bits per heavy atom. The number of carbonyl (C=O) groups is 5. The van der Waals surface area contributed by atoms with Crippen molar-refractivity contribution in [3.05, 3.63) is 0 Å². The van der Waals surface area contributed by atoms with Crippen LogP contribution in [-0.2, 0) is 80.8 Å². The Morgan fingerprint density at radius 2 is 0.927 bits per heavy atom. The van der Waals surface area contributed by atoms with Crippen molar-refractivity contribution >= 4 is 29.6 Å². The smallest absolute Gasteiger partial charge is 0.364 e. The van der Waals surface area contributed by atoms with Gasteiger partial charge in [0.1, 0.15) is 159 Å². The third kappa shape index (κ3) is 18.6. The molecular formula is C53H90N4O39. The average Bonchev–Trinajstić information content (AvgIpc) is 0.761. The first-order chi connectivity index (χ1) is 45.2. The van der Waals surface area contributed by atoms with Crippen molar-refractivity contribution in [2.45, 2.75) is 248 Å². The zero-order chi connectivity index (χ0) is 71.7. The number of nitrogens with one attached hydrogen (secondary N) is 4. The van der Waals surface area contributed by atoms with Gasteiger partial charge >= 0.3 is 5.97 Å². The first-order valence-electron chi connectivity index (χ1n) is 30.2. The topological polar surface area (TPSA) is 689 Å². The third-order valence-electron chi connectivity index (χ3n) is 16.8. The summed E-state index contributed by atoms with van der Waals surface area (Å²) in [7, 11) is 0. The number of rotatable bonds is 30. The Bertz CT molecular complexity index is 2490. The highest BCUT2D eigenvalue weighted by atomic mass is 16.8. The molecule has 0 saturated carbocycles. The summed E-state index contributed by atoms with van der Waals surface area (Å²) >= 11 is 0. The van der Waals surface area contributed by atoms with Crippen LogP contribution in [0.5, 0.6) is 0 Å². The van der Waals surface area contributed by atoms with Crippen LogP contribution in [0.2, 0.25) is 0 Å². The van der Waals surface area contributed by atoms with Crippen LogP contribution in [-0.4, -0.2) is 409 Å². The molecule has 35 atom stereocenters. The highest BCUT2D eigenvalue weighted by Gasteiger charge is 2.62. The quantitative estimate of drug-likeness (QED) is 0.0318. The van der Waals surface area contributed by atoms with Gasteiger partial charge in [-0.2, -0.15) is 0 Å². The molecule has 0 radical (unpaired) electrons. The first-order valence-corrected chi connectivity index (χ1v) is 30.2. The van der Waals surface area contributed by atoms with Crippen LogP contribution >= 0.6 is 0 Å². The van der Waals surface area contributed by atoms with Crippen LogP contribution in [0.4, 0.5) is 0 Å². The molecule has 0 aromatic carbocycles. The number of carbonyl (C=O) groups excluding carboxylic acids is 4. The summed E-state index contributed by atoms with van der Waals surface area (Å²) in [6.07, 6.45) is -64.6. The van der Waals surface area contributed by atoms with Gasteiger partial charge in [0, 0.05) is 34.1 Å². The number of hydrogen-bond acceptors (Lipinski definition) is 38. The van der Waals surface area contributed by atoms with Crippen LogP contribution in [0.15, 0.2) is 0 Å². The average molecular weight is 1410 g/mol. The van der Waals surface area contributed by atoms with Gasteiger partial charge in [0.2, 0.25) is 23.6 Å². The minimum atomic E-state index is -3.32. The maximum Gasteiger partial charge on any atom is 0.364 e. The summed E-state index contributed by atoms with van der Waals surface area (Å²) in [6, 6.07) is -7.44. The Balaban J connectivity index is 1.35. The van der Waals surface area contributed by atoms with Crippen molar-refractivity contribution in [2.75, 3.05) is 52.9 Å². The van der Waals surface area contributed by atoms with Gasteiger partial charge in [-0.3, -0.25) is 19.2 Å². The molecule has 4 amide bonds. The van der Waals surface area contributed by atoms with Gasteiger partial charge in [-0.25, -0.2) is 4.79 Å². The number of aliphatic hydroxyl groups is 21. The zero-order valence-corrected chi connectivity index (χ0v) is 51.8. The fourth-order valence-electron chi connectivity index (χ4n) is 11.8. The van der Waals surface area contributed by atoms with Crippen LogP contribution in [0, 0.1) is 0 Å². The van der Waals surface area contributed by atoms with E-state index in [-0.39, 0.29) is 0 Å². The maximum atomic E-state index is 13.3. The lowest BCUT2D eigenvalue weighted by molar-refractivity contribution is -0.384. The number of amides is 4. The predicted molar refractivity (Wildman–Crippen MR) is 298 cm³/mol. The largest absolute Gasteiger partial charge is 0.477 e. The highest BCUT2D eigenvalue weighted by molar-refractivity contribution is 5.77. The lowest BCUT2D eigenvalue weighted by atomic mass is 9.88. The zero-order valence-electron chi connectivity index (χ0n) is 51.8. The van der Waals surface area contributed by atoms with E-state index in [1.54, 1.807) is 0 Å². The molecule has 6 saturated heterocycles. The molecule has 6 fully saturated rings. The molecule has 0 aromatic heterocycles. The molecule has 96 heavy (non-hydrogen) atoms. The SMILES string of the molecule is CC(=O)N[C@H]1[C@H](OC[C@H]2O[C@H](O[C@@H]([C@@H](O)[C@H](O)CO)[C@H](CO)NC(C)=O)[C@H](NC(C)=O)[C@@H](O[C@@H]3O[C@H](CO)[C@H](O)[C@H](O[C@]4(C(=O)O)C[C@H](O)[C@@H](NC(C)=O)[C@H]([C@H](O)[C@H](O)CO)O4)[C@H]3O)[C@H]2O)O[C@H](CO)[C@@H](O[C@@H]2O[C@H](CO)[C@H](O[C@@H]3O[C@H](CO)[C@H](O)[C@H](O)[C@H]3O)[C@H](O)[C@H]2O)[C@@H]1O. The molecule has 6 rings (SSSR count). The van der Waals surface area contributed by atoms with E-state index in [1.807, 2.05) is 0 Å². The van der Waals surface area contributed by atoms with Gasteiger partial charge < -0.3 is 190 Å². The molecule has 0 aliphatic carbocycles. The normalized spacial score (nSPS) is 42.6. The Labute approximate surface area is 544 Å². The van der Waals surface area contributed by atoms with Crippen LogP contribution in [0.25, 0.3) is 0 Å². The van der Waals surface area contributed by atoms with E-state index in [1.165, 1.54) is 0 Å². The molecule has 43 nitrogen and oxygen atoms in total. The van der Waals surface area contributed by atoms with E-state index in [2.05, 4.69) is 21.3 Å². The molecule has 0 aromatic rings. The minimum absolute atomic E-state index is 0.877. The summed E-state index contributed by atoms with van der Waals surface area (Å²) < 4.78 is 70.0. The fourth-order valence-corrected chi connectivity index (χ4v) is 11.8. The summed E-state index contributed by atoms with van der Waals surface area (Å²) in [6.45, 7) is -5.21. The Hall–Kier alpha value is -3.97. The van der Waals surface area contributed by atoms with E-state index in [0.717, 1.165) is 27.7 Å². The maximum absolute atomic E-state index is 13.3. The van der Waals surface area contributed by atoms with Crippen LogP contribution in [0.3, 0.4) is 0 Å². The molecule has 43 heteroatoms. The van der Waals surface area contributed by atoms with Gasteiger partial charge in [-0.1, -0.05) is 0 Å². The summed E-state index contributed by atoms with van der Waals surface area (Å²) in [5.74, 6) is -9.20. The van der Waals surface area contributed by atoms with Crippen molar-refractivity contribution in [1.82, 2.24) is 21.3 Å². The number of carboxylic acids is 1. The second kappa shape index (κ2) is 35.6. The molecule has 0 spiro atoms. The van der Waals surface area contributed by atoms with Crippen molar-refractivity contribution in [3.63, 3.8) is 0 Å². The van der Waals surface area contributed by atoms with Crippen molar-refractivity contribution in [1.29, 1.82) is 0 Å². The van der Waals surface area contributed by atoms with E-state index in [4.69, 9.17) is 56.8 Å². The number of aliphatic carboxylic acids is 1. The highest BCUT2D eigenvalue weighted by Crippen LogP contribution is 2.40. The number of hydrogen-bond donors (Lipinski definition) is 26. The van der Waals surface area contributed by atoms with Gasteiger partial charge in [-0.15, -0.1) is 0 Å². The first kappa shape index (κ1) is 81.0. The predicted octanol–water partition coefficient (Wildman–Crippen LogP) is -16.9. The molecule has 6 aliphatic heterocycles. The van der Waals surface area contributed by atoms with E-state index >= 15 is 0 Å². The Kier molecular flexibility index (Phi) is 30.0. The Morgan fingerprint density at radius 1 is 0.469 bits per heavy atom. The molecule has 6 heterocycles. The standard InChI is InChI=1S/C53H90N4O39/c1-14(65)54-18(6-58)41(30(72)20(70)7-59)91-48-29(57-17(4)68)44(94-51-40(82)46(33(75)23(10-62)87-51)96-53(52(83)84)5-19(69)27(55-15(2)66)45(95-53)31(73)21(71)8-60)34(76)26(90-48)13-85-47-28(56-16(3)67)35(77)42(24(11-63)88-47)92-50-39(81)37(79)43(25(12-64)89-50)93-49-38(80)36(78)32(74)22(9-61)86-49/h18-51,58-64,69-82H,5-13H2,1-4H3,(H,54,65)(H,55,66)(H,56,67)(H,57,68)(H,83,84)/t18-,19-,20+,21+,22+,23+,24+,25+,26+,27+,28+,29+,30-,31+,32-,33-,34-,35+,36-,37+,38+,39+,40+,41+,42+,43-,44+,45+,46-,47+,48+,49-,50-,51-,53-/m0/s1. The third-order valence-corrected chi connectivity index (χ3v) is 16.8. The fraction of sp³-hybridized carbons (Fsp3) is 0.906. The molecule has 6 aliphatic rings. The van der Waals surface area contributed by atoms with Gasteiger partial charge in [0.05, 0.1) is 71.0 Å². The lowest BCUT2D eigenvalue weighted by Crippen LogP contribution is -2.71. The van der Waals surface area contributed by atoms with Crippen molar-refractivity contribution < 1.29 is 193 Å². The van der Waals surface area contributed by atoms with Crippen LogP contribution in [0.1, 0.15) is 34.1 Å². The molecule has 0 unspecified atom stereocenters. The summed E-state index contributed by atoms with van der Waals surface area (Å²) in [5, 5.41) is 248. The van der Waals surface area contributed by atoms with E-state index < -0.39 is 303 Å². The summed E-state index contributed by atoms with van der Waals surface area (Å²) in [5.41, 5.74) is 0. The van der Waals surface area contributed by atoms with Gasteiger partial charge in [0.25, 0.3) is 5.79 Å². The van der Waals surface area contributed by atoms with Gasteiger partial charge in [0.15, 0.2) is 31.5 Å². The van der Waals surface area contributed by atoms with Crippen molar-refractivity contribution in [2.24, 2.45) is 0 Å². The van der Waals surface area contributed by atoms with E-state index in [9.17, 15) is 136 Å². The van der Waals surface area contributed by atoms with Gasteiger partial charge in [-0.05, 0) is 0 Å². The van der Waals surface area contributed by atoms with Crippen molar-refractivity contribution in [3.8, 4) is 0 Å². The number of aliphatic hydroxyl groups excluding tert-OH is 21.